The number of halogens is 8. The van der Waals surface area contributed by atoms with Crippen molar-refractivity contribution in [1.29, 1.82) is 0 Å². The number of carboxylic acids is 2. The Morgan fingerprint density at radius 1 is 0.970 bits per heavy atom. The first-order valence-electron chi connectivity index (χ1n) is 7.12. The van der Waals surface area contributed by atoms with Gasteiger partial charge in [0.2, 0.25) is 0 Å². The van der Waals surface area contributed by atoms with Crippen LogP contribution in [-0.2, 0) is 19.7 Å². The fourth-order valence-electron chi connectivity index (χ4n) is 2.27. The van der Waals surface area contributed by atoms with Crippen LogP contribution >= 0.6 is 137 Å². The molecule has 0 aromatic heterocycles. The van der Waals surface area contributed by atoms with E-state index in [4.69, 9.17) is 51.5 Å². The number of carboxylic acid groups (broad SMARTS) is 2. The largest absolute Gasteiger partial charge is 1.00 e. The number of aliphatic carboxylic acids is 2. The van der Waals surface area contributed by atoms with E-state index in [9.17, 15) is 32.8 Å². The number of phenolic OH excluding ortho intramolecular Hbond substituents is 1. The number of alkyl halides is 4. The maximum Gasteiger partial charge on any atom is 1.00 e. The van der Waals surface area contributed by atoms with Crippen molar-refractivity contribution in [2.24, 2.45) is 0 Å². The molecule has 0 bridgehead atoms. The number of carbonyl (C=O) groups excluding carboxylic acids is 2. The summed E-state index contributed by atoms with van der Waals surface area (Å²) in [5.41, 5.74) is 0. The summed E-state index contributed by atoms with van der Waals surface area (Å²) in [5, 5.41) is 32.4. The van der Waals surface area contributed by atoms with Gasteiger partial charge < -0.3 is 24.9 Å². The zero-order valence-corrected chi connectivity index (χ0v) is 28.6. The molecule has 1 aromatic carbocycles. The number of carbonyl (C=O) groups is 2. The molecular weight excluding hydrogens is 992 g/mol. The van der Waals surface area contributed by atoms with Crippen LogP contribution in [0.5, 0.6) is 5.75 Å². The fraction of sp³-hybridized carbons (Fsp3) is 0.286. The third-order valence-electron chi connectivity index (χ3n) is 3.86. The molecule has 174 valence electrons. The molecule has 1 aromatic rings. The van der Waals surface area contributed by atoms with Crippen molar-refractivity contribution < 1.29 is 75.6 Å². The molecule has 0 heterocycles. The zero-order chi connectivity index (χ0) is 24.7. The molecule has 4 unspecified atom stereocenters. The number of hydrogen-bond acceptors (Lipinski definition) is 7. The zero-order valence-electron chi connectivity index (χ0n) is 16.1. The average molecular weight is 998 g/mol. The first-order chi connectivity index (χ1) is 13.8. The fourth-order valence-corrected chi connectivity index (χ4v) is 10.2. The molecule has 0 saturated carbocycles. The summed E-state index contributed by atoms with van der Waals surface area (Å²) in [5.74, 6) is -3.89. The van der Waals surface area contributed by atoms with Crippen LogP contribution in [0.1, 0.15) is 0 Å². The summed E-state index contributed by atoms with van der Waals surface area (Å²) >= 11 is 27.6. The Morgan fingerprint density at radius 3 is 1.79 bits per heavy atom. The van der Waals surface area contributed by atoms with Gasteiger partial charge in [0, 0.05) is 6.07 Å². The number of phenols is 1. The van der Waals surface area contributed by atoms with Gasteiger partial charge in [-0.1, -0.05) is 149 Å². The molecule has 0 spiro atoms. The first kappa shape index (κ1) is 38.0. The second-order valence-corrected chi connectivity index (χ2v) is 15.9. The van der Waals surface area contributed by atoms with E-state index < -0.39 is 35.6 Å². The van der Waals surface area contributed by atoms with Gasteiger partial charge in [0.05, 0.1) is 30.9 Å². The van der Waals surface area contributed by atoms with Crippen molar-refractivity contribution >= 4 is 159 Å². The van der Waals surface area contributed by atoms with Crippen LogP contribution in [0.2, 0.25) is 20.1 Å². The monoisotopic (exact) mass is 996 g/mol. The van der Waals surface area contributed by atoms with E-state index >= 15 is 0 Å². The van der Waals surface area contributed by atoms with Crippen molar-refractivity contribution in [1.82, 2.24) is 0 Å². The van der Waals surface area contributed by atoms with Gasteiger partial charge in [0.1, 0.15) is 17.6 Å². The molecule has 0 radical (unpaired) electrons. The Balaban J connectivity index is 0. The number of rotatable bonds is 3. The summed E-state index contributed by atoms with van der Waals surface area (Å²) in [6, 6.07) is 1.23. The first-order valence-corrected chi connectivity index (χ1v) is 14.6. The standard InChI is InChI=1S/C8H6I4O7S.C6H2Cl4O.2Li/c9-3-1-2-6(10,4(13)14)7(11,5(15)16)8(3,12)20(17,18)19;7-2-1-3(11)5(9)6(10)4(2)8;;/h1-3H,(H,13,14)(H,15,16)(H,17,18,19);1,11H;;/q;;2*+1/p-2. The minimum Gasteiger partial charge on any atom is -0.549 e. The number of benzene rings is 1. The summed E-state index contributed by atoms with van der Waals surface area (Å²) < 4.78 is 25.0. The number of aromatic hydroxyl groups is 1. The van der Waals surface area contributed by atoms with E-state index in [2.05, 4.69) is 0 Å². The molecule has 4 atom stereocenters. The number of allylic oxidation sites excluding steroid dienone is 1. The predicted molar refractivity (Wildman–Crippen MR) is 147 cm³/mol. The number of hydrogen-bond donors (Lipinski definition) is 2. The predicted octanol–water partition coefficient (Wildman–Crippen LogP) is -2.76. The third kappa shape index (κ3) is 6.91. The van der Waals surface area contributed by atoms with Gasteiger partial charge in [-0.25, -0.2) is 0 Å². The molecule has 19 heteroatoms. The van der Waals surface area contributed by atoms with E-state index in [1.54, 1.807) is 22.6 Å². The van der Waals surface area contributed by atoms with E-state index in [1.165, 1.54) is 79.9 Å². The third-order valence-corrected chi connectivity index (χ3v) is 19.2. The Kier molecular flexibility index (Phi) is 15.9. The summed E-state index contributed by atoms with van der Waals surface area (Å²) in [7, 11) is -4.93. The molecule has 33 heavy (non-hydrogen) atoms. The van der Waals surface area contributed by atoms with Gasteiger partial charge in [-0.2, -0.15) is 8.42 Å². The SMILES string of the molecule is O=C([O-])C1(I)C=CC(I)C(I)(S(=O)(=O)O)C1(I)C(=O)[O-].Oc1cc(Cl)c(Cl)c(Cl)c1Cl.[Li+].[Li+]. The topological polar surface area (TPSA) is 155 Å². The Morgan fingerprint density at radius 2 is 1.42 bits per heavy atom. The van der Waals surface area contributed by atoms with Gasteiger partial charge in [-0.15, -0.1) is 0 Å². The Bertz CT molecular complexity index is 1060. The second kappa shape index (κ2) is 13.8. The second-order valence-electron chi connectivity index (χ2n) is 5.65. The van der Waals surface area contributed by atoms with E-state index in [1.807, 2.05) is 0 Å². The van der Waals surface area contributed by atoms with Gasteiger partial charge in [-0.05, 0) is 0 Å². The van der Waals surface area contributed by atoms with Gasteiger partial charge in [-0.3, -0.25) is 4.55 Å². The molecule has 2 N–H and O–H groups in total. The van der Waals surface area contributed by atoms with Crippen LogP contribution in [0.4, 0.5) is 0 Å². The summed E-state index contributed by atoms with van der Waals surface area (Å²) in [6.07, 6.45) is 2.26. The average Bonchev–Trinajstić information content (AvgIpc) is 2.65. The van der Waals surface area contributed by atoms with E-state index in [-0.39, 0.29) is 63.6 Å². The van der Waals surface area contributed by atoms with Crippen LogP contribution in [0, 0.1) is 0 Å². The van der Waals surface area contributed by atoms with Crippen LogP contribution in [0.15, 0.2) is 18.2 Å². The van der Waals surface area contributed by atoms with Crippen molar-refractivity contribution in [2.75, 3.05) is 0 Å². The minimum atomic E-state index is -4.93. The van der Waals surface area contributed by atoms with Crippen molar-refractivity contribution in [3.63, 3.8) is 0 Å². The molecule has 1 aliphatic rings. The van der Waals surface area contributed by atoms with Crippen molar-refractivity contribution in [2.45, 2.75) is 13.5 Å². The van der Waals surface area contributed by atoms with Crippen LogP contribution in [0.3, 0.4) is 0 Å². The van der Waals surface area contributed by atoms with Crippen LogP contribution in [-0.4, -0.2) is 43.5 Å². The van der Waals surface area contributed by atoms with Crippen LogP contribution in [0.25, 0.3) is 0 Å². The summed E-state index contributed by atoms with van der Waals surface area (Å²) in [4.78, 5) is 22.9. The molecule has 1 aliphatic carbocycles. The molecule has 0 fully saturated rings. The minimum absolute atomic E-state index is 0. The maximum atomic E-state index is 11.7. The van der Waals surface area contributed by atoms with Gasteiger partial charge in [0.25, 0.3) is 10.1 Å². The molecule has 0 amide bonds. The van der Waals surface area contributed by atoms with E-state index in [0.717, 1.165) is 6.08 Å². The molecule has 0 saturated heterocycles. The maximum absolute atomic E-state index is 11.7. The quantitative estimate of drug-likeness (QED) is 0.0629. The van der Waals surface area contributed by atoms with Gasteiger partial charge in [0.15, 0.2) is 2.75 Å². The van der Waals surface area contributed by atoms with Crippen LogP contribution < -0.4 is 47.9 Å². The summed E-state index contributed by atoms with van der Waals surface area (Å²) in [6.45, 7) is 0. The Hall–Kier alpha value is 2.88. The molecule has 0 aliphatic heterocycles. The van der Waals surface area contributed by atoms with Gasteiger partial charge >= 0.3 is 37.7 Å². The van der Waals surface area contributed by atoms with Crippen molar-refractivity contribution in [3.8, 4) is 5.75 Å². The molecule has 2 rings (SSSR count). The van der Waals surface area contributed by atoms with Crippen molar-refractivity contribution in [3.05, 3.63) is 38.3 Å². The smallest absolute Gasteiger partial charge is 0.549 e. The van der Waals surface area contributed by atoms with E-state index in [0.29, 0.717) is 0 Å². The Labute approximate surface area is 287 Å². The molecule has 8 nitrogen and oxygen atoms in total. The normalized spacial score (nSPS) is 28.5. The molecular formula is C14H6Cl4I4Li2O8S.